The Morgan fingerprint density at radius 3 is 2.55 bits per heavy atom. The summed E-state index contributed by atoms with van der Waals surface area (Å²) in [5, 5.41) is 8.25. The number of hydrogen-bond donors (Lipinski definition) is 2. The molecule has 38 heavy (non-hydrogen) atoms. The van der Waals surface area contributed by atoms with E-state index < -0.39 is 10.0 Å². The highest BCUT2D eigenvalue weighted by molar-refractivity contribution is 7.89. The van der Waals surface area contributed by atoms with E-state index in [0.29, 0.717) is 47.9 Å². The number of nitrogens with one attached hydrogen (secondary N) is 2. The van der Waals surface area contributed by atoms with Gasteiger partial charge in [-0.15, -0.1) is 11.3 Å². The van der Waals surface area contributed by atoms with E-state index in [2.05, 4.69) is 10.6 Å². The fraction of sp³-hybridized carbons (Fsp3) is 0.429. The number of hydrogen-bond acceptors (Lipinski definition) is 6. The molecule has 10 heteroatoms. The maximum Gasteiger partial charge on any atom is 0.341 e. The number of thiophene rings is 1. The zero-order valence-corrected chi connectivity index (χ0v) is 23.1. The molecule has 1 aromatic heterocycles. The van der Waals surface area contributed by atoms with Crippen molar-refractivity contribution in [3.8, 4) is 0 Å². The average molecular weight is 556 g/mol. The third-order valence-electron chi connectivity index (χ3n) is 7.36. The van der Waals surface area contributed by atoms with Crippen LogP contribution in [-0.4, -0.2) is 51.0 Å². The van der Waals surface area contributed by atoms with Gasteiger partial charge in [0.15, 0.2) is 0 Å². The molecule has 1 aliphatic heterocycles. The lowest BCUT2D eigenvalue weighted by atomic mass is 9.95. The third-order valence-corrected chi connectivity index (χ3v) is 10.5. The minimum absolute atomic E-state index is 0.171. The van der Waals surface area contributed by atoms with E-state index in [1.54, 1.807) is 19.1 Å². The topological polar surface area (TPSA) is 105 Å². The second-order valence-corrected chi connectivity index (χ2v) is 12.9. The van der Waals surface area contributed by atoms with Crippen molar-refractivity contribution in [3.05, 3.63) is 58.5 Å². The number of ether oxygens (including phenoxy) is 1. The summed E-state index contributed by atoms with van der Waals surface area (Å²) in [6.07, 6.45) is 5.16. The van der Waals surface area contributed by atoms with Crippen LogP contribution in [0, 0.1) is 5.92 Å². The van der Waals surface area contributed by atoms with Gasteiger partial charge in [0.25, 0.3) is 0 Å². The van der Waals surface area contributed by atoms with Gasteiger partial charge in [-0.05, 0) is 79.8 Å². The Kier molecular flexibility index (Phi) is 8.01. The van der Waals surface area contributed by atoms with Crippen molar-refractivity contribution in [2.75, 3.05) is 31.6 Å². The minimum Gasteiger partial charge on any atom is -0.462 e. The van der Waals surface area contributed by atoms with Crippen LogP contribution in [0.5, 0.6) is 0 Å². The molecule has 2 heterocycles. The number of anilines is 1. The highest BCUT2D eigenvalue weighted by Gasteiger charge is 2.30. The van der Waals surface area contributed by atoms with E-state index >= 15 is 0 Å². The number of esters is 1. The lowest BCUT2D eigenvalue weighted by Gasteiger charge is -2.31. The molecule has 0 atom stereocenters. The number of amides is 2. The van der Waals surface area contributed by atoms with Gasteiger partial charge < -0.3 is 10.1 Å². The number of aryl methyl sites for hydroxylation is 1. The average Bonchev–Trinajstić information content (AvgIpc) is 3.29. The zero-order valence-electron chi connectivity index (χ0n) is 21.5. The fourth-order valence-electron chi connectivity index (χ4n) is 5.29. The van der Waals surface area contributed by atoms with Crippen molar-refractivity contribution >= 4 is 49.1 Å². The number of benzene rings is 2. The quantitative estimate of drug-likeness (QED) is 0.391. The van der Waals surface area contributed by atoms with Gasteiger partial charge in [-0.25, -0.2) is 18.0 Å². The van der Waals surface area contributed by atoms with E-state index in [0.717, 1.165) is 46.9 Å². The van der Waals surface area contributed by atoms with Crippen LogP contribution in [0.25, 0.3) is 10.8 Å². The van der Waals surface area contributed by atoms with Gasteiger partial charge in [0.2, 0.25) is 10.0 Å². The molecule has 202 valence electrons. The number of carbonyl (C=O) groups excluding carboxylic acids is 2. The van der Waals surface area contributed by atoms with Gasteiger partial charge in [-0.3, -0.25) is 5.32 Å². The van der Waals surface area contributed by atoms with Crippen LogP contribution < -0.4 is 10.6 Å². The summed E-state index contributed by atoms with van der Waals surface area (Å²) in [6.45, 7) is 3.32. The van der Waals surface area contributed by atoms with Crippen LogP contribution in [0.4, 0.5) is 9.80 Å². The predicted molar refractivity (Wildman–Crippen MR) is 149 cm³/mol. The van der Waals surface area contributed by atoms with Crippen LogP contribution >= 0.6 is 11.3 Å². The first-order valence-corrected chi connectivity index (χ1v) is 15.5. The smallest absolute Gasteiger partial charge is 0.341 e. The highest BCUT2D eigenvalue weighted by atomic mass is 32.2. The number of rotatable bonds is 7. The van der Waals surface area contributed by atoms with E-state index in [-0.39, 0.29) is 24.5 Å². The van der Waals surface area contributed by atoms with E-state index in [4.69, 9.17) is 4.74 Å². The number of carbonyl (C=O) groups is 2. The van der Waals surface area contributed by atoms with Crippen molar-refractivity contribution in [2.24, 2.45) is 5.92 Å². The number of nitrogens with zero attached hydrogens (tertiary/aromatic N) is 1. The second-order valence-electron chi connectivity index (χ2n) is 9.83. The van der Waals surface area contributed by atoms with Gasteiger partial charge >= 0.3 is 12.0 Å². The van der Waals surface area contributed by atoms with Crippen LogP contribution in [0.3, 0.4) is 0 Å². The SMILES string of the molecule is CCOC(=O)c1c(NC(=O)NCC2CCN(S(=O)(=O)c3ccc4ccccc4c3)CC2)sc2c1CCCC2. The Morgan fingerprint density at radius 1 is 1.05 bits per heavy atom. The Hall–Kier alpha value is -2.95. The van der Waals surface area contributed by atoms with Crippen LogP contribution in [0.2, 0.25) is 0 Å². The van der Waals surface area contributed by atoms with Gasteiger partial charge in [-0.1, -0.05) is 30.3 Å². The molecule has 2 aliphatic rings. The number of piperidine rings is 1. The van der Waals surface area contributed by atoms with Crippen molar-refractivity contribution < 1.29 is 22.7 Å². The molecule has 5 rings (SSSR count). The van der Waals surface area contributed by atoms with Gasteiger partial charge in [0, 0.05) is 24.5 Å². The van der Waals surface area contributed by atoms with E-state index in [1.165, 1.54) is 15.6 Å². The highest BCUT2D eigenvalue weighted by Crippen LogP contribution is 2.38. The maximum absolute atomic E-state index is 13.2. The van der Waals surface area contributed by atoms with Gasteiger partial charge in [0.1, 0.15) is 5.00 Å². The summed E-state index contributed by atoms with van der Waals surface area (Å²) >= 11 is 1.46. The van der Waals surface area contributed by atoms with Crippen molar-refractivity contribution in [3.63, 3.8) is 0 Å². The summed E-state index contributed by atoms with van der Waals surface area (Å²) in [4.78, 5) is 26.8. The lowest BCUT2D eigenvalue weighted by molar-refractivity contribution is 0.0526. The first-order valence-electron chi connectivity index (χ1n) is 13.2. The standard InChI is InChI=1S/C28H33N3O5S2/c1-2-36-27(32)25-23-9-5-6-10-24(23)37-26(25)30-28(33)29-18-19-13-15-31(16-14-19)38(34,35)22-12-11-20-7-3-4-8-21(20)17-22/h3-4,7-8,11-12,17,19H,2,5-6,9-10,13-16,18H2,1H3,(H2,29,30,33). The first-order chi connectivity index (χ1) is 18.4. The van der Waals surface area contributed by atoms with Crippen LogP contribution in [0.15, 0.2) is 47.4 Å². The number of sulfonamides is 1. The Bertz CT molecular complexity index is 1440. The van der Waals surface area contributed by atoms with E-state index in [9.17, 15) is 18.0 Å². The van der Waals surface area contributed by atoms with Crippen LogP contribution in [-0.2, 0) is 27.6 Å². The molecular weight excluding hydrogens is 522 g/mol. The maximum atomic E-state index is 13.2. The summed E-state index contributed by atoms with van der Waals surface area (Å²) in [7, 11) is -3.58. The van der Waals surface area contributed by atoms with Crippen molar-refractivity contribution in [1.82, 2.24) is 9.62 Å². The molecule has 1 saturated heterocycles. The summed E-state index contributed by atoms with van der Waals surface area (Å²) in [5.41, 5.74) is 1.50. The molecule has 1 fully saturated rings. The number of fused-ring (bicyclic) bond motifs is 2. The molecular formula is C28H33N3O5S2. The monoisotopic (exact) mass is 555 g/mol. The van der Waals surface area contributed by atoms with E-state index in [1.807, 2.05) is 30.3 Å². The molecule has 0 saturated carbocycles. The Labute approximate surface area is 227 Å². The zero-order chi connectivity index (χ0) is 26.7. The third kappa shape index (κ3) is 5.57. The predicted octanol–water partition coefficient (Wildman–Crippen LogP) is 5.18. The molecule has 3 aromatic rings. The normalized spacial score (nSPS) is 16.7. The lowest BCUT2D eigenvalue weighted by Crippen LogP contribution is -2.42. The minimum atomic E-state index is -3.58. The summed E-state index contributed by atoms with van der Waals surface area (Å²) in [5.74, 6) is -0.216. The molecule has 2 N–H and O–H groups in total. The molecule has 2 aromatic carbocycles. The van der Waals surface area contributed by atoms with Gasteiger partial charge in [0.05, 0.1) is 17.1 Å². The van der Waals surface area contributed by atoms with Crippen molar-refractivity contribution in [2.45, 2.75) is 50.3 Å². The molecule has 8 nitrogen and oxygen atoms in total. The Balaban J connectivity index is 1.16. The molecule has 2 amide bonds. The van der Waals surface area contributed by atoms with Gasteiger partial charge in [-0.2, -0.15) is 4.31 Å². The van der Waals surface area contributed by atoms with Crippen LogP contribution in [0.1, 0.15) is 53.4 Å². The van der Waals surface area contributed by atoms with Crippen molar-refractivity contribution in [1.29, 1.82) is 0 Å². The molecule has 0 bridgehead atoms. The molecule has 0 unspecified atom stereocenters. The summed E-state index contributed by atoms with van der Waals surface area (Å²) < 4.78 is 33.3. The molecule has 1 aliphatic carbocycles. The fourth-order valence-corrected chi connectivity index (χ4v) is 8.07. The summed E-state index contributed by atoms with van der Waals surface area (Å²) in [6, 6.07) is 12.6. The second kappa shape index (κ2) is 11.4. The molecule has 0 spiro atoms. The largest absolute Gasteiger partial charge is 0.462 e. The first kappa shape index (κ1) is 26.6. The number of urea groups is 1. The molecule has 0 radical (unpaired) electrons. The Morgan fingerprint density at radius 2 is 1.79 bits per heavy atom.